The predicted octanol–water partition coefficient (Wildman–Crippen LogP) is 9.90. The van der Waals surface area contributed by atoms with E-state index in [0.29, 0.717) is 6.29 Å². The number of hydrogen-bond acceptors (Lipinski definition) is 2. The van der Waals surface area contributed by atoms with Gasteiger partial charge in [-0.25, -0.2) is 4.68 Å². The van der Waals surface area contributed by atoms with E-state index in [2.05, 4.69) is 37.1 Å². The highest BCUT2D eigenvalue weighted by Crippen LogP contribution is 2.19. The lowest BCUT2D eigenvalue weighted by atomic mass is 9.98. The van der Waals surface area contributed by atoms with Gasteiger partial charge in [0.2, 0.25) is 0 Å². The molecule has 1 heterocycles. The number of H-pyrrole nitrogens is 1. The van der Waals surface area contributed by atoms with Crippen LogP contribution >= 0.6 is 0 Å². The first-order chi connectivity index (χ1) is 18.7. The molecule has 0 spiro atoms. The molecule has 0 radical (unpaired) electrons. The zero-order valence-corrected chi connectivity index (χ0v) is 24.7. The van der Waals surface area contributed by atoms with Crippen molar-refractivity contribution in [1.29, 1.82) is 0 Å². The standard InChI is InChI=1S/C34H56N2O2/c1-3-5-7-9-11-13-15-17-19-21-23-30-25-31(24-22-20-18-16-14-12-10-8-6-4-2)27-33(26-30)36-34(38)32(29-37)28-35-36/h25-29,35H,3-24H2,1-2H3. The van der Waals surface area contributed by atoms with Gasteiger partial charge in [0.1, 0.15) is 0 Å². The molecule has 1 N–H and O–H groups in total. The van der Waals surface area contributed by atoms with E-state index in [4.69, 9.17) is 0 Å². The summed E-state index contributed by atoms with van der Waals surface area (Å²) in [5, 5.41) is 2.99. The number of benzene rings is 1. The van der Waals surface area contributed by atoms with Gasteiger partial charge in [-0.2, -0.15) is 0 Å². The minimum Gasteiger partial charge on any atom is -0.298 e. The summed E-state index contributed by atoms with van der Waals surface area (Å²) in [6.45, 7) is 4.55. The van der Waals surface area contributed by atoms with Crippen LogP contribution in [0, 0.1) is 0 Å². The van der Waals surface area contributed by atoms with Gasteiger partial charge in [-0.3, -0.25) is 14.7 Å². The SMILES string of the molecule is CCCCCCCCCCCCc1cc(CCCCCCCCCCCC)cc(-n2[nH]cc(C=O)c2=O)c1. The van der Waals surface area contributed by atoms with Gasteiger partial charge < -0.3 is 0 Å². The molecule has 2 aromatic rings. The van der Waals surface area contributed by atoms with E-state index in [0.717, 1.165) is 18.5 Å². The maximum Gasteiger partial charge on any atom is 0.281 e. The molecular formula is C34H56N2O2. The quantitative estimate of drug-likeness (QED) is 0.110. The molecular weight excluding hydrogens is 468 g/mol. The highest BCUT2D eigenvalue weighted by molar-refractivity contribution is 5.73. The fourth-order valence-electron chi connectivity index (χ4n) is 5.45. The number of rotatable bonds is 24. The van der Waals surface area contributed by atoms with Crippen molar-refractivity contribution in [2.75, 3.05) is 0 Å². The molecule has 0 atom stereocenters. The van der Waals surface area contributed by atoms with Crippen molar-refractivity contribution in [1.82, 2.24) is 9.78 Å². The Morgan fingerprint density at radius 2 is 1.00 bits per heavy atom. The van der Waals surface area contributed by atoms with Crippen LogP contribution in [-0.4, -0.2) is 16.1 Å². The smallest absolute Gasteiger partial charge is 0.281 e. The zero-order chi connectivity index (χ0) is 27.3. The molecule has 0 aliphatic rings. The molecule has 1 aromatic heterocycles. The summed E-state index contributed by atoms with van der Waals surface area (Å²) in [6, 6.07) is 6.60. The molecule has 38 heavy (non-hydrogen) atoms. The van der Waals surface area contributed by atoms with Crippen LogP contribution in [0.25, 0.3) is 5.69 Å². The van der Waals surface area contributed by atoms with Crippen LogP contribution in [0.5, 0.6) is 0 Å². The lowest BCUT2D eigenvalue weighted by Crippen LogP contribution is -2.17. The predicted molar refractivity (Wildman–Crippen MR) is 163 cm³/mol. The van der Waals surface area contributed by atoms with Gasteiger partial charge in [0.25, 0.3) is 5.56 Å². The monoisotopic (exact) mass is 524 g/mol. The van der Waals surface area contributed by atoms with Gasteiger partial charge in [-0.05, 0) is 48.9 Å². The first kappa shape index (κ1) is 32.1. The van der Waals surface area contributed by atoms with Crippen molar-refractivity contribution in [2.45, 2.75) is 155 Å². The number of carbonyl (C=O) groups is 1. The summed E-state index contributed by atoms with van der Waals surface area (Å²) in [5.41, 5.74) is 3.38. The van der Waals surface area contributed by atoms with Gasteiger partial charge in [0, 0.05) is 6.20 Å². The zero-order valence-electron chi connectivity index (χ0n) is 24.7. The number of carbonyl (C=O) groups excluding carboxylic acids is 1. The minimum atomic E-state index is -0.263. The molecule has 0 fully saturated rings. The maximum atomic E-state index is 12.6. The third-order valence-electron chi connectivity index (χ3n) is 7.86. The number of unbranched alkanes of at least 4 members (excludes halogenated alkanes) is 18. The highest BCUT2D eigenvalue weighted by atomic mass is 16.1. The van der Waals surface area contributed by atoms with Crippen LogP contribution in [0.4, 0.5) is 0 Å². The number of hydrogen-bond donors (Lipinski definition) is 1. The lowest BCUT2D eigenvalue weighted by molar-refractivity contribution is 0.112. The van der Waals surface area contributed by atoms with E-state index < -0.39 is 0 Å². The molecule has 214 valence electrons. The normalized spacial score (nSPS) is 11.3. The van der Waals surface area contributed by atoms with Crippen molar-refractivity contribution in [3.05, 3.63) is 51.4 Å². The number of aldehydes is 1. The Labute approximate surface area is 233 Å². The second-order valence-corrected chi connectivity index (χ2v) is 11.4. The second-order valence-electron chi connectivity index (χ2n) is 11.4. The average Bonchev–Trinajstić information content (AvgIpc) is 3.31. The Morgan fingerprint density at radius 3 is 1.37 bits per heavy atom. The third-order valence-corrected chi connectivity index (χ3v) is 7.86. The first-order valence-corrected chi connectivity index (χ1v) is 16.1. The molecule has 0 saturated heterocycles. The van der Waals surface area contributed by atoms with Gasteiger partial charge >= 0.3 is 0 Å². The van der Waals surface area contributed by atoms with Crippen LogP contribution in [-0.2, 0) is 12.8 Å². The average molecular weight is 525 g/mol. The lowest BCUT2D eigenvalue weighted by Gasteiger charge is -2.11. The molecule has 0 amide bonds. The topological polar surface area (TPSA) is 54.9 Å². The number of aromatic amines is 1. The maximum absolute atomic E-state index is 12.6. The summed E-state index contributed by atoms with van der Waals surface area (Å²) in [4.78, 5) is 23.8. The van der Waals surface area contributed by atoms with E-state index in [1.54, 1.807) is 0 Å². The van der Waals surface area contributed by atoms with Crippen LogP contribution in [0.3, 0.4) is 0 Å². The number of aryl methyl sites for hydroxylation is 2. The van der Waals surface area contributed by atoms with Crippen molar-refractivity contribution in [3.8, 4) is 5.69 Å². The summed E-state index contributed by atoms with van der Waals surface area (Å²) < 4.78 is 1.52. The van der Waals surface area contributed by atoms with Gasteiger partial charge in [0.05, 0.1) is 11.3 Å². The highest BCUT2D eigenvalue weighted by Gasteiger charge is 2.10. The van der Waals surface area contributed by atoms with Crippen molar-refractivity contribution < 1.29 is 4.79 Å². The molecule has 0 aliphatic heterocycles. The molecule has 0 unspecified atom stereocenters. The van der Waals surface area contributed by atoms with Crippen molar-refractivity contribution >= 4 is 6.29 Å². The fraction of sp³-hybridized carbons (Fsp3) is 0.706. The van der Waals surface area contributed by atoms with E-state index in [9.17, 15) is 9.59 Å². The molecule has 2 rings (SSSR count). The number of nitrogens with zero attached hydrogens (tertiary/aromatic N) is 1. The van der Waals surface area contributed by atoms with E-state index in [1.807, 2.05) is 0 Å². The molecule has 4 nitrogen and oxygen atoms in total. The van der Waals surface area contributed by atoms with Crippen LogP contribution in [0.15, 0.2) is 29.2 Å². The van der Waals surface area contributed by atoms with Gasteiger partial charge in [0.15, 0.2) is 6.29 Å². The Kier molecular flexibility index (Phi) is 17.6. The van der Waals surface area contributed by atoms with Crippen LogP contribution in [0.1, 0.15) is 164 Å². The van der Waals surface area contributed by atoms with Gasteiger partial charge in [-0.1, -0.05) is 135 Å². The number of nitrogens with one attached hydrogen (secondary N) is 1. The summed E-state index contributed by atoms with van der Waals surface area (Å²) in [5.74, 6) is 0. The molecule has 0 aliphatic carbocycles. The van der Waals surface area contributed by atoms with Crippen molar-refractivity contribution in [3.63, 3.8) is 0 Å². The van der Waals surface area contributed by atoms with E-state index in [1.165, 1.54) is 150 Å². The first-order valence-electron chi connectivity index (χ1n) is 16.1. The molecule has 0 saturated carbocycles. The summed E-state index contributed by atoms with van der Waals surface area (Å²) in [7, 11) is 0. The Morgan fingerprint density at radius 1 is 0.605 bits per heavy atom. The van der Waals surface area contributed by atoms with Gasteiger partial charge in [-0.15, -0.1) is 0 Å². The second kappa shape index (κ2) is 20.8. The molecule has 1 aromatic carbocycles. The third kappa shape index (κ3) is 13.1. The minimum absolute atomic E-state index is 0.182. The van der Waals surface area contributed by atoms with E-state index >= 15 is 0 Å². The van der Waals surface area contributed by atoms with E-state index in [-0.39, 0.29) is 11.1 Å². The molecule has 0 bridgehead atoms. The Hall–Kier alpha value is -2.10. The molecule has 4 heteroatoms. The Balaban J connectivity index is 1.82. The van der Waals surface area contributed by atoms with Crippen LogP contribution in [0.2, 0.25) is 0 Å². The number of aromatic nitrogens is 2. The largest absolute Gasteiger partial charge is 0.298 e. The van der Waals surface area contributed by atoms with Crippen LogP contribution < -0.4 is 5.56 Å². The summed E-state index contributed by atoms with van der Waals surface area (Å²) >= 11 is 0. The summed E-state index contributed by atoms with van der Waals surface area (Å²) in [6.07, 6.45) is 31.0. The Bertz CT molecular complexity index is 885. The van der Waals surface area contributed by atoms with Crippen molar-refractivity contribution in [2.24, 2.45) is 0 Å². The fourth-order valence-corrected chi connectivity index (χ4v) is 5.45.